The van der Waals surface area contributed by atoms with E-state index in [1.54, 1.807) is 0 Å². The van der Waals surface area contributed by atoms with Gasteiger partial charge in [-0.2, -0.15) is 0 Å². The molecular formula is C17H24N2O2. The van der Waals surface area contributed by atoms with Gasteiger partial charge in [0.1, 0.15) is 5.60 Å². The van der Waals surface area contributed by atoms with Crippen molar-refractivity contribution in [3.8, 4) is 0 Å². The lowest BCUT2D eigenvalue weighted by atomic mass is 9.67. The van der Waals surface area contributed by atoms with Crippen molar-refractivity contribution in [3.63, 3.8) is 0 Å². The lowest BCUT2D eigenvalue weighted by Crippen LogP contribution is -2.67. The largest absolute Gasteiger partial charge is 0.456 e. The fourth-order valence-corrected chi connectivity index (χ4v) is 4.44. The summed E-state index contributed by atoms with van der Waals surface area (Å²) in [4.78, 5) is 16.3. The highest BCUT2D eigenvalue weighted by Crippen LogP contribution is 2.45. The normalized spacial score (nSPS) is 33.7. The molecular weight excluding hydrogens is 264 g/mol. The number of hydrogen-bond acceptors (Lipinski definition) is 4. The molecule has 3 rings (SSSR count). The second-order valence-corrected chi connectivity index (χ2v) is 6.70. The lowest BCUT2D eigenvalue weighted by molar-refractivity contribution is -0.181. The number of piperidine rings is 2. The molecule has 1 aromatic rings. The molecule has 2 bridgehead atoms. The number of likely N-dealkylation sites (tertiary alicyclic amines) is 2. The molecule has 2 aliphatic rings. The minimum Gasteiger partial charge on any atom is -0.456 e. The van der Waals surface area contributed by atoms with Crippen LogP contribution in [0.15, 0.2) is 30.3 Å². The van der Waals surface area contributed by atoms with Crippen LogP contribution in [0.4, 0.5) is 0 Å². The summed E-state index contributed by atoms with van der Waals surface area (Å²) in [5.41, 5.74) is 0.864. The standard InChI is InChI=1S/C17H24N2O2/c1-13(20)21-17-11-18(2)9-15(10-19(3)12-17)16(17)14-7-5-4-6-8-14/h4-8,15-16H,9-12H2,1-3H3. The van der Waals surface area contributed by atoms with Crippen LogP contribution in [-0.2, 0) is 9.53 Å². The van der Waals surface area contributed by atoms with Crippen molar-refractivity contribution in [2.24, 2.45) is 5.92 Å². The van der Waals surface area contributed by atoms with Crippen molar-refractivity contribution in [1.82, 2.24) is 9.80 Å². The third kappa shape index (κ3) is 2.70. The number of ether oxygens (including phenoxy) is 1. The fraction of sp³-hybridized carbons (Fsp3) is 0.588. The van der Waals surface area contributed by atoms with Gasteiger partial charge in [0, 0.05) is 39.0 Å². The predicted molar refractivity (Wildman–Crippen MR) is 82.2 cm³/mol. The highest BCUT2D eigenvalue weighted by atomic mass is 16.6. The van der Waals surface area contributed by atoms with E-state index in [0.717, 1.165) is 26.2 Å². The van der Waals surface area contributed by atoms with Crippen LogP contribution in [0.1, 0.15) is 18.4 Å². The maximum Gasteiger partial charge on any atom is 0.303 e. The number of rotatable bonds is 2. The van der Waals surface area contributed by atoms with Gasteiger partial charge in [-0.05, 0) is 25.6 Å². The Hall–Kier alpha value is -1.39. The fourth-order valence-electron chi connectivity index (χ4n) is 4.44. The zero-order chi connectivity index (χ0) is 15.0. The number of hydrogen-bond donors (Lipinski definition) is 0. The van der Waals surface area contributed by atoms with Gasteiger partial charge in [0.25, 0.3) is 0 Å². The van der Waals surface area contributed by atoms with E-state index in [2.05, 4.69) is 48.2 Å². The SMILES string of the molecule is CC(=O)OC12CN(C)CC(CN(C)C1)C2c1ccccc1. The van der Waals surface area contributed by atoms with Crippen LogP contribution in [0, 0.1) is 5.92 Å². The van der Waals surface area contributed by atoms with Crippen LogP contribution in [-0.4, -0.2) is 61.6 Å². The average molecular weight is 288 g/mol. The molecule has 0 radical (unpaired) electrons. The van der Waals surface area contributed by atoms with Crippen LogP contribution < -0.4 is 0 Å². The first-order chi connectivity index (χ1) is 10.00. The summed E-state index contributed by atoms with van der Waals surface area (Å²) < 4.78 is 5.94. The zero-order valence-corrected chi connectivity index (χ0v) is 13.1. The molecule has 2 fully saturated rings. The Kier molecular flexibility index (Phi) is 3.76. The maximum atomic E-state index is 11.7. The Morgan fingerprint density at radius 1 is 1.14 bits per heavy atom. The molecule has 114 valence electrons. The molecule has 0 spiro atoms. The molecule has 2 saturated heterocycles. The summed E-state index contributed by atoms with van der Waals surface area (Å²) in [6.45, 7) is 5.22. The number of fused-ring (bicyclic) bond motifs is 2. The lowest BCUT2D eigenvalue weighted by Gasteiger charge is -2.56. The van der Waals surface area contributed by atoms with Crippen molar-refractivity contribution < 1.29 is 9.53 Å². The van der Waals surface area contributed by atoms with E-state index in [9.17, 15) is 4.79 Å². The van der Waals surface area contributed by atoms with Gasteiger partial charge >= 0.3 is 5.97 Å². The molecule has 1 aromatic carbocycles. The summed E-state index contributed by atoms with van der Waals surface area (Å²) in [6, 6.07) is 10.5. The Bertz CT molecular complexity index is 503. The van der Waals surface area contributed by atoms with E-state index in [4.69, 9.17) is 4.74 Å². The van der Waals surface area contributed by atoms with Crippen molar-refractivity contribution in [1.29, 1.82) is 0 Å². The summed E-state index contributed by atoms with van der Waals surface area (Å²) in [7, 11) is 4.25. The first kappa shape index (κ1) is 14.5. The van der Waals surface area contributed by atoms with Gasteiger partial charge in [0.2, 0.25) is 0 Å². The predicted octanol–water partition coefficient (Wildman–Crippen LogP) is 1.58. The first-order valence-electron chi connectivity index (χ1n) is 7.62. The van der Waals surface area contributed by atoms with Gasteiger partial charge in [-0.3, -0.25) is 4.79 Å². The number of esters is 1. The summed E-state index contributed by atoms with van der Waals surface area (Å²) in [5, 5.41) is 0. The topological polar surface area (TPSA) is 32.8 Å². The highest BCUT2D eigenvalue weighted by Gasteiger charge is 2.54. The van der Waals surface area contributed by atoms with Gasteiger partial charge in [-0.25, -0.2) is 0 Å². The monoisotopic (exact) mass is 288 g/mol. The van der Waals surface area contributed by atoms with E-state index >= 15 is 0 Å². The minimum atomic E-state index is -0.433. The van der Waals surface area contributed by atoms with Crippen LogP contribution in [0.3, 0.4) is 0 Å². The van der Waals surface area contributed by atoms with E-state index in [0.29, 0.717) is 5.92 Å². The Labute approximate surface area is 126 Å². The van der Waals surface area contributed by atoms with Crippen molar-refractivity contribution in [2.45, 2.75) is 18.4 Å². The molecule has 21 heavy (non-hydrogen) atoms. The Morgan fingerprint density at radius 3 is 2.24 bits per heavy atom. The number of carbonyl (C=O) groups excluding carboxylic acids is 1. The smallest absolute Gasteiger partial charge is 0.303 e. The molecule has 1 atom stereocenters. The van der Waals surface area contributed by atoms with Crippen LogP contribution in [0.25, 0.3) is 0 Å². The third-order valence-corrected chi connectivity index (χ3v) is 4.71. The molecule has 0 aromatic heterocycles. The second kappa shape index (κ2) is 5.43. The van der Waals surface area contributed by atoms with Crippen molar-refractivity contribution in [2.75, 3.05) is 40.3 Å². The van der Waals surface area contributed by atoms with Crippen molar-refractivity contribution in [3.05, 3.63) is 35.9 Å². The van der Waals surface area contributed by atoms with E-state index in [-0.39, 0.29) is 11.9 Å². The highest BCUT2D eigenvalue weighted by molar-refractivity contribution is 5.67. The second-order valence-electron chi connectivity index (χ2n) is 6.70. The van der Waals surface area contributed by atoms with E-state index in [1.165, 1.54) is 12.5 Å². The summed E-state index contributed by atoms with van der Waals surface area (Å²) in [5.74, 6) is 0.597. The number of likely N-dealkylation sites (N-methyl/N-ethyl adjacent to an activating group) is 2. The number of benzene rings is 1. The van der Waals surface area contributed by atoms with Crippen LogP contribution >= 0.6 is 0 Å². The molecule has 4 nitrogen and oxygen atoms in total. The maximum absolute atomic E-state index is 11.7. The van der Waals surface area contributed by atoms with Crippen LogP contribution in [0.2, 0.25) is 0 Å². The number of carbonyl (C=O) groups is 1. The summed E-state index contributed by atoms with van der Waals surface area (Å²) >= 11 is 0. The first-order valence-corrected chi connectivity index (χ1v) is 7.62. The molecule has 0 amide bonds. The van der Waals surface area contributed by atoms with Gasteiger partial charge in [-0.1, -0.05) is 30.3 Å². The average Bonchev–Trinajstić information content (AvgIpc) is 2.36. The van der Waals surface area contributed by atoms with Crippen molar-refractivity contribution >= 4 is 5.97 Å². The molecule has 1 unspecified atom stereocenters. The molecule has 4 heteroatoms. The molecule has 0 N–H and O–H groups in total. The molecule has 2 aliphatic heterocycles. The van der Waals surface area contributed by atoms with Gasteiger partial charge < -0.3 is 14.5 Å². The minimum absolute atomic E-state index is 0.180. The third-order valence-electron chi connectivity index (χ3n) is 4.71. The quantitative estimate of drug-likeness (QED) is 0.774. The summed E-state index contributed by atoms with van der Waals surface area (Å²) in [6.07, 6.45) is 0. The van der Waals surface area contributed by atoms with Gasteiger partial charge in [-0.15, -0.1) is 0 Å². The van der Waals surface area contributed by atoms with E-state index < -0.39 is 5.60 Å². The molecule has 2 heterocycles. The van der Waals surface area contributed by atoms with Gasteiger partial charge in [0.05, 0.1) is 0 Å². The van der Waals surface area contributed by atoms with Gasteiger partial charge in [0.15, 0.2) is 0 Å². The zero-order valence-electron chi connectivity index (χ0n) is 13.1. The Balaban J connectivity index is 2.04. The Morgan fingerprint density at radius 2 is 1.71 bits per heavy atom. The molecule has 0 aliphatic carbocycles. The van der Waals surface area contributed by atoms with Crippen LogP contribution in [0.5, 0.6) is 0 Å². The van der Waals surface area contributed by atoms with E-state index in [1.807, 2.05) is 6.07 Å². The number of nitrogens with zero attached hydrogens (tertiary/aromatic N) is 2. The molecule has 0 saturated carbocycles.